The number of aromatic nitrogens is 2. The molecule has 1 aromatic heterocycles. The van der Waals surface area contributed by atoms with E-state index in [9.17, 15) is 0 Å². The highest BCUT2D eigenvalue weighted by atomic mass is 16.5. The lowest BCUT2D eigenvalue weighted by Crippen LogP contribution is -2.19. The Morgan fingerprint density at radius 2 is 1.84 bits per heavy atom. The number of rotatable bonds is 9. The first-order valence-electron chi connectivity index (χ1n) is 7.08. The Hall–Kier alpha value is -1.36. The second kappa shape index (κ2) is 8.69. The summed E-state index contributed by atoms with van der Waals surface area (Å²) in [5, 5.41) is 6.61. The monoisotopic (exact) mass is 266 g/mol. The normalized spacial score (nSPS) is 12.2. The molecule has 0 bridgehead atoms. The molecule has 0 amide bonds. The minimum absolute atomic E-state index is 0.164. The molecule has 0 saturated carbocycles. The lowest BCUT2D eigenvalue weighted by Gasteiger charge is -2.13. The number of nitrogens with one attached hydrogen (secondary N) is 2. The van der Waals surface area contributed by atoms with E-state index in [1.54, 1.807) is 7.11 Å². The summed E-state index contributed by atoms with van der Waals surface area (Å²) >= 11 is 0. The standard InChI is InChI=1S/C14H26N4O/c1-5-7-12-17-13(15-8-6-2)9-14(18-12)16-10-11(3)19-4/h9,11H,5-8,10H2,1-4H3,(H2,15,16,17,18). The van der Waals surface area contributed by atoms with E-state index in [4.69, 9.17) is 4.74 Å². The molecule has 0 radical (unpaired) electrons. The van der Waals surface area contributed by atoms with E-state index in [1.165, 1.54) is 0 Å². The van der Waals surface area contributed by atoms with Gasteiger partial charge in [0.25, 0.3) is 0 Å². The van der Waals surface area contributed by atoms with E-state index in [0.29, 0.717) is 0 Å². The molecular weight excluding hydrogens is 240 g/mol. The van der Waals surface area contributed by atoms with Gasteiger partial charge >= 0.3 is 0 Å². The van der Waals surface area contributed by atoms with Crippen LogP contribution >= 0.6 is 0 Å². The van der Waals surface area contributed by atoms with Gasteiger partial charge in [-0.25, -0.2) is 9.97 Å². The third-order valence-corrected chi connectivity index (χ3v) is 2.78. The van der Waals surface area contributed by atoms with Crippen molar-refractivity contribution in [2.45, 2.75) is 46.1 Å². The highest BCUT2D eigenvalue weighted by Crippen LogP contribution is 2.12. The van der Waals surface area contributed by atoms with Crippen LogP contribution in [0, 0.1) is 0 Å². The molecule has 1 rings (SSSR count). The topological polar surface area (TPSA) is 59.1 Å². The first kappa shape index (κ1) is 15.7. The number of hydrogen-bond donors (Lipinski definition) is 2. The fraction of sp³-hybridized carbons (Fsp3) is 0.714. The maximum Gasteiger partial charge on any atom is 0.133 e. The molecule has 0 spiro atoms. The molecule has 0 saturated heterocycles. The van der Waals surface area contributed by atoms with E-state index in [2.05, 4.69) is 34.4 Å². The number of ether oxygens (including phenoxy) is 1. The molecule has 0 fully saturated rings. The first-order valence-corrected chi connectivity index (χ1v) is 7.08. The van der Waals surface area contributed by atoms with Crippen molar-refractivity contribution in [3.63, 3.8) is 0 Å². The van der Waals surface area contributed by atoms with Crippen molar-refractivity contribution in [3.05, 3.63) is 11.9 Å². The zero-order valence-corrected chi connectivity index (χ0v) is 12.5. The summed E-state index contributed by atoms with van der Waals surface area (Å²) in [7, 11) is 1.71. The Balaban J connectivity index is 2.73. The largest absolute Gasteiger partial charge is 0.380 e. The summed E-state index contributed by atoms with van der Waals surface area (Å²) in [4.78, 5) is 9.03. The van der Waals surface area contributed by atoms with E-state index in [1.807, 2.05) is 13.0 Å². The third kappa shape index (κ3) is 5.87. The van der Waals surface area contributed by atoms with Crippen LogP contribution in [0.3, 0.4) is 0 Å². The Morgan fingerprint density at radius 3 is 2.42 bits per heavy atom. The Bertz CT molecular complexity index is 370. The molecule has 1 atom stereocenters. The van der Waals surface area contributed by atoms with E-state index in [-0.39, 0.29) is 6.10 Å². The molecule has 19 heavy (non-hydrogen) atoms. The smallest absolute Gasteiger partial charge is 0.133 e. The molecule has 0 aliphatic heterocycles. The summed E-state index contributed by atoms with van der Waals surface area (Å²) in [5.41, 5.74) is 0. The lowest BCUT2D eigenvalue weighted by atomic mass is 10.3. The van der Waals surface area contributed by atoms with Crippen LogP contribution in [0.1, 0.15) is 39.4 Å². The lowest BCUT2D eigenvalue weighted by molar-refractivity contribution is 0.128. The van der Waals surface area contributed by atoms with Crippen molar-refractivity contribution >= 4 is 11.6 Å². The van der Waals surface area contributed by atoms with Gasteiger partial charge in [-0.3, -0.25) is 0 Å². The van der Waals surface area contributed by atoms with Crippen molar-refractivity contribution in [1.82, 2.24) is 9.97 Å². The SMILES string of the molecule is CCCNc1cc(NCC(C)OC)nc(CCC)n1. The van der Waals surface area contributed by atoms with Crippen molar-refractivity contribution in [1.29, 1.82) is 0 Å². The maximum atomic E-state index is 5.22. The fourth-order valence-corrected chi connectivity index (χ4v) is 1.60. The van der Waals surface area contributed by atoms with Gasteiger partial charge < -0.3 is 15.4 Å². The fourth-order valence-electron chi connectivity index (χ4n) is 1.60. The molecule has 1 heterocycles. The van der Waals surface area contributed by atoms with Crippen molar-refractivity contribution in [2.75, 3.05) is 30.8 Å². The van der Waals surface area contributed by atoms with Crippen LogP contribution in [0.25, 0.3) is 0 Å². The molecule has 108 valence electrons. The molecule has 5 nitrogen and oxygen atoms in total. The van der Waals surface area contributed by atoms with Gasteiger partial charge in [0.15, 0.2) is 0 Å². The van der Waals surface area contributed by atoms with Crippen LogP contribution in [0.15, 0.2) is 6.07 Å². The van der Waals surface area contributed by atoms with Crippen LogP contribution in [-0.4, -0.2) is 36.3 Å². The first-order chi connectivity index (χ1) is 9.19. The summed E-state index contributed by atoms with van der Waals surface area (Å²) in [5.74, 6) is 2.64. The van der Waals surface area contributed by atoms with Gasteiger partial charge in [0.2, 0.25) is 0 Å². The molecule has 1 unspecified atom stereocenters. The number of nitrogens with zero attached hydrogens (tertiary/aromatic N) is 2. The molecule has 0 aromatic carbocycles. The second-order valence-electron chi connectivity index (χ2n) is 4.66. The Labute approximate surface area is 116 Å². The zero-order valence-electron chi connectivity index (χ0n) is 12.5. The maximum absolute atomic E-state index is 5.22. The van der Waals surface area contributed by atoms with Crippen LogP contribution in [0.2, 0.25) is 0 Å². The summed E-state index contributed by atoms with van der Waals surface area (Å²) in [6, 6.07) is 1.96. The van der Waals surface area contributed by atoms with E-state index in [0.717, 1.165) is 49.8 Å². The minimum Gasteiger partial charge on any atom is -0.380 e. The minimum atomic E-state index is 0.164. The number of anilines is 2. The summed E-state index contributed by atoms with van der Waals surface area (Å²) in [6.45, 7) is 7.97. The summed E-state index contributed by atoms with van der Waals surface area (Å²) < 4.78 is 5.22. The van der Waals surface area contributed by atoms with Crippen molar-refractivity contribution in [2.24, 2.45) is 0 Å². The van der Waals surface area contributed by atoms with Gasteiger partial charge in [-0.05, 0) is 19.8 Å². The van der Waals surface area contributed by atoms with E-state index >= 15 is 0 Å². The van der Waals surface area contributed by atoms with Crippen LogP contribution in [0.4, 0.5) is 11.6 Å². The van der Waals surface area contributed by atoms with E-state index < -0.39 is 0 Å². The second-order valence-corrected chi connectivity index (χ2v) is 4.66. The molecule has 5 heteroatoms. The van der Waals surface area contributed by atoms with Gasteiger partial charge in [0.05, 0.1) is 6.10 Å². The average molecular weight is 266 g/mol. The molecule has 2 N–H and O–H groups in total. The van der Waals surface area contributed by atoms with Crippen LogP contribution < -0.4 is 10.6 Å². The predicted octanol–water partition coefficient (Wildman–Crippen LogP) is 2.70. The highest BCUT2D eigenvalue weighted by molar-refractivity contribution is 5.47. The van der Waals surface area contributed by atoms with Gasteiger partial charge in [-0.1, -0.05) is 13.8 Å². The Kier molecular flexibility index (Phi) is 7.18. The molecule has 0 aliphatic rings. The zero-order chi connectivity index (χ0) is 14.1. The summed E-state index contributed by atoms with van der Waals surface area (Å²) in [6.07, 6.45) is 3.19. The average Bonchev–Trinajstić information content (AvgIpc) is 2.42. The molecule has 0 aliphatic carbocycles. The van der Waals surface area contributed by atoms with Crippen LogP contribution in [-0.2, 0) is 11.2 Å². The quantitative estimate of drug-likeness (QED) is 0.719. The van der Waals surface area contributed by atoms with Gasteiger partial charge in [0, 0.05) is 32.7 Å². The predicted molar refractivity (Wildman–Crippen MR) is 79.8 cm³/mol. The molecule has 1 aromatic rings. The van der Waals surface area contributed by atoms with Gasteiger partial charge in [0.1, 0.15) is 17.5 Å². The third-order valence-electron chi connectivity index (χ3n) is 2.78. The van der Waals surface area contributed by atoms with Gasteiger partial charge in [-0.15, -0.1) is 0 Å². The number of hydrogen-bond acceptors (Lipinski definition) is 5. The number of aryl methyl sites for hydroxylation is 1. The van der Waals surface area contributed by atoms with Crippen molar-refractivity contribution in [3.8, 4) is 0 Å². The highest BCUT2D eigenvalue weighted by Gasteiger charge is 2.05. The van der Waals surface area contributed by atoms with Crippen LogP contribution in [0.5, 0.6) is 0 Å². The van der Waals surface area contributed by atoms with Gasteiger partial charge in [-0.2, -0.15) is 0 Å². The Morgan fingerprint density at radius 1 is 1.16 bits per heavy atom. The number of methoxy groups -OCH3 is 1. The van der Waals surface area contributed by atoms with Crippen molar-refractivity contribution < 1.29 is 4.74 Å². The molecular formula is C14H26N4O.